The van der Waals surface area contributed by atoms with Crippen molar-refractivity contribution in [3.05, 3.63) is 34.9 Å². The van der Waals surface area contributed by atoms with Crippen LogP contribution in [0.3, 0.4) is 0 Å². The van der Waals surface area contributed by atoms with Gasteiger partial charge in [-0.2, -0.15) is 0 Å². The van der Waals surface area contributed by atoms with Crippen molar-refractivity contribution in [2.75, 3.05) is 0 Å². The van der Waals surface area contributed by atoms with Crippen molar-refractivity contribution in [1.82, 2.24) is 0 Å². The molecule has 1 nitrogen and oxygen atoms in total. The van der Waals surface area contributed by atoms with Crippen LogP contribution in [0.1, 0.15) is 31.2 Å². The molecule has 1 unspecified atom stereocenters. The van der Waals surface area contributed by atoms with Gasteiger partial charge < -0.3 is 0 Å². The third kappa shape index (κ3) is 5.79. The molecular weight excluding hydrogens is 312 g/mol. The van der Waals surface area contributed by atoms with Crippen LogP contribution in [0.2, 0.25) is 5.02 Å². The van der Waals surface area contributed by atoms with Gasteiger partial charge in [0.1, 0.15) is 0 Å². The Morgan fingerprint density at radius 2 is 1.78 bits per heavy atom. The van der Waals surface area contributed by atoms with Crippen molar-refractivity contribution in [3.8, 4) is 0 Å². The Bertz CT molecular complexity index is 398. The molecule has 0 fully saturated rings. The quantitative estimate of drug-likeness (QED) is 0.488. The van der Waals surface area contributed by atoms with Crippen LogP contribution in [-0.4, -0.2) is 16.6 Å². The van der Waals surface area contributed by atoms with Crippen molar-refractivity contribution in [3.63, 3.8) is 0 Å². The summed E-state index contributed by atoms with van der Waals surface area (Å²) < 4.78 is -1.06. The summed E-state index contributed by atoms with van der Waals surface area (Å²) in [5, 5.41) is 0.392. The van der Waals surface area contributed by atoms with E-state index in [4.69, 9.17) is 46.4 Å². The first kappa shape index (κ1) is 16.1. The zero-order valence-electron chi connectivity index (χ0n) is 10.2. The molecule has 1 aromatic rings. The Labute approximate surface area is 128 Å². The molecule has 1 rings (SSSR count). The molecular formula is C13H15Cl4N. The molecule has 0 saturated heterocycles. The number of alkyl halides is 3. The Morgan fingerprint density at radius 3 is 2.28 bits per heavy atom. The highest BCUT2D eigenvalue weighted by molar-refractivity contribution is 6.56. The molecule has 0 aliphatic heterocycles. The van der Waals surface area contributed by atoms with Crippen LogP contribution in [0.15, 0.2) is 29.3 Å². The normalized spacial score (nSPS) is 14.4. The van der Waals surface area contributed by atoms with Crippen LogP contribution in [0, 0.1) is 0 Å². The van der Waals surface area contributed by atoms with Crippen molar-refractivity contribution in [1.29, 1.82) is 0 Å². The molecule has 0 spiro atoms. The fourth-order valence-corrected chi connectivity index (χ4v) is 2.43. The molecule has 1 aromatic carbocycles. The van der Waals surface area contributed by atoms with Gasteiger partial charge in [0.15, 0.2) is 4.33 Å². The van der Waals surface area contributed by atoms with E-state index in [1.165, 1.54) is 0 Å². The number of benzene rings is 1. The number of rotatable bonds is 5. The topological polar surface area (TPSA) is 12.4 Å². The Kier molecular flexibility index (Phi) is 6.26. The first-order valence-electron chi connectivity index (χ1n) is 5.62. The summed E-state index contributed by atoms with van der Waals surface area (Å²) in [6.07, 6.45) is 1.93. The standard InChI is InChI=1S/C13H15Cl4N/c1-9(2)18-8-13(16,17)7-12(15)10-3-5-11(14)6-4-10/h3-6,8-9,12H,7H2,1-2H3. The van der Waals surface area contributed by atoms with Crippen LogP contribution in [-0.2, 0) is 0 Å². The molecule has 18 heavy (non-hydrogen) atoms. The largest absolute Gasteiger partial charge is 0.292 e. The zero-order valence-corrected chi connectivity index (χ0v) is 13.2. The predicted octanol–water partition coefficient (Wildman–Crippen LogP) is 5.66. The molecule has 0 aliphatic rings. The SMILES string of the molecule is CC(C)N=CC(Cl)(Cl)CC(Cl)c1ccc(Cl)cc1. The van der Waals surface area contributed by atoms with E-state index in [2.05, 4.69) is 4.99 Å². The first-order valence-corrected chi connectivity index (χ1v) is 7.19. The summed E-state index contributed by atoms with van der Waals surface area (Å²) in [5.41, 5.74) is 0.935. The van der Waals surface area contributed by atoms with E-state index in [1.807, 2.05) is 26.0 Å². The lowest BCUT2D eigenvalue weighted by Crippen LogP contribution is -2.18. The van der Waals surface area contributed by atoms with Gasteiger partial charge in [-0.25, -0.2) is 0 Å². The van der Waals surface area contributed by atoms with Gasteiger partial charge in [-0.15, -0.1) is 11.6 Å². The van der Waals surface area contributed by atoms with Gasteiger partial charge in [-0.05, 0) is 31.5 Å². The van der Waals surface area contributed by atoms with Crippen LogP contribution < -0.4 is 0 Å². The minimum absolute atomic E-state index is 0.159. The van der Waals surface area contributed by atoms with Gasteiger partial charge in [0.25, 0.3) is 0 Å². The fraction of sp³-hybridized carbons (Fsp3) is 0.462. The summed E-state index contributed by atoms with van der Waals surface area (Å²) in [6, 6.07) is 7.47. The number of aliphatic imine (C=N–C) groups is 1. The highest BCUT2D eigenvalue weighted by atomic mass is 35.5. The lowest BCUT2D eigenvalue weighted by Gasteiger charge is -2.19. The number of hydrogen-bond donors (Lipinski definition) is 0. The summed E-state index contributed by atoms with van der Waals surface area (Å²) >= 11 is 24.4. The summed E-state index contributed by atoms with van der Waals surface area (Å²) in [7, 11) is 0. The fourth-order valence-electron chi connectivity index (χ4n) is 1.34. The smallest absolute Gasteiger partial charge is 0.154 e. The Morgan fingerprint density at radius 1 is 1.22 bits per heavy atom. The van der Waals surface area contributed by atoms with Crippen LogP contribution in [0.25, 0.3) is 0 Å². The minimum atomic E-state index is -1.06. The lowest BCUT2D eigenvalue weighted by molar-refractivity contribution is 0.786. The average molecular weight is 327 g/mol. The molecule has 100 valence electrons. The zero-order chi connectivity index (χ0) is 13.8. The van der Waals surface area contributed by atoms with Crippen LogP contribution in [0.5, 0.6) is 0 Å². The Hall–Kier alpha value is 0.0500. The highest BCUT2D eigenvalue weighted by Gasteiger charge is 2.26. The van der Waals surface area contributed by atoms with Crippen molar-refractivity contribution >= 4 is 52.6 Å². The molecule has 0 bridgehead atoms. The molecule has 0 radical (unpaired) electrons. The third-order valence-electron chi connectivity index (χ3n) is 2.24. The lowest BCUT2D eigenvalue weighted by atomic mass is 10.1. The van der Waals surface area contributed by atoms with E-state index in [0.29, 0.717) is 11.4 Å². The van der Waals surface area contributed by atoms with E-state index in [9.17, 15) is 0 Å². The summed E-state index contributed by atoms with van der Waals surface area (Å²) in [5.74, 6) is 0. The van der Waals surface area contributed by atoms with E-state index in [1.54, 1.807) is 18.3 Å². The van der Waals surface area contributed by atoms with Crippen LogP contribution >= 0.6 is 46.4 Å². The molecule has 1 atom stereocenters. The third-order valence-corrected chi connectivity index (χ3v) is 3.41. The second kappa shape index (κ2) is 7.00. The summed E-state index contributed by atoms with van der Waals surface area (Å²) in [6.45, 7) is 3.91. The molecule has 5 heteroatoms. The maximum absolute atomic E-state index is 6.28. The Balaban J connectivity index is 2.68. The predicted molar refractivity (Wildman–Crippen MR) is 82.7 cm³/mol. The number of nitrogens with zero attached hydrogens (tertiary/aromatic N) is 1. The maximum Gasteiger partial charge on any atom is 0.154 e. The van der Waals surface area contributed by atoms with Gasteiger partial charge in [0.05, 0.1) is 5.38 Å². The molecule has 0 heterocycles. The van der Waals surface area contributed by atoms with Crippen LogP contribution in [0.4, 0.5) is 0 Å². The minimum Gasteiger partial charge on any atom is -0.292 e. The van der Waals surface area contributed by atoms with Gasteiger partial charge in [0.2, 0.25) is 0 Å². The van der Waals surface area contributed by atoms with E-state index >= 15 is 0 Å². The first-order chi connectivity index (χ1) is 8.30. The van der Waals surface area contributed by atoms with E-state index in [-0.39, 0.29) is 11.4 Å². The van der Waals surface area contributed by atoms with Gasteiger partial charge in [-0.1, -0.05) is 46.9 Å². The maximum atomic E-state index is 6.28. The van der Waals surface area contributed by atoms with Crippen molar-refractivity contribution in [2.45, 2.75) is 36.0 Å². The number of hydrogen-bond acceptors (Lipinski definition) is 1. The number of halogens is 4. The molecule has 0 aliphatic carbocycles. The van der Waals surface area contributed by atoms with E-state index in [0.717, 1.165) is 5.56 Å². The highest BCUT2D eigenvalue weighted by Crippen LogP contribution is 2.35. The second-order valence-electron chi connectivity index (χ2n) is 4.36. The molecule has 0 aromatic heterocycles. The van der Waals surface area contributed by atoms with Crippen molar-refractivity contribution in [2.24, 2.45) is 4.99 Å². The second-order valence-corrected chi connectivity index (χ2v) is 6.86. The monoisotopic (exact) mass is 325 g/mol. The molecule has 0 amide bonds. The van der Waals surface area contributed by atoms with Gasteiger partial charge >= 0.3 is 0 Å². The van der Waals surface area contributed by atoms with Gasteiger partial charge in [-0.3, -0.25) is 4.99 Å². The summed E-state index contributed by atoms with van der Waals surface area (Å²) in [4.78, 5) is 4.19. The average Bonchev–Trinajstić information content (AvgIpc) is 2.27. The molecule has 0 saturated carbocycles. The molecule has 0 N–H and O–H groups in total. The van der Waals surface area contributed by atoms with Gasteiger partial charge in [0, 0.05) is 23.7 Å². The van der Waals surface area contributed by atoms with Crippen molar-refractivity contribution < 1.29 is 0 Å². The van der Waals surface area contributed by atoms with E-state index < -0.39 is 4.33 Å².